The summed E-state index contributed by atoms with van der Waals surface area (Å²) in [6.07, 6.45) is 0. The van der Waals surface area contributed by atoms with Gasteiger partial charge in [0.2, 0.25) is 0 Å². The Morgan fingerprint density at radius 1 is 1.46 bits per heavy atom. The first kappa shape index (κ1) is 10.2. The molecular formula is C9H10BrNO2. The van der Waals surface area contributed by atoms with Gasteiger partial charge in [-0.1, -0.05) is 15.9 Å². The second-order valence-electron chi connectivity index (χ2n) is 2.65. The summed E-state index contributed by atoms with van der Waals surface area (Å²) in [6.45, 7) is 1.92. The fraction of sp³-hybridized carbons (Fsp3) is 0.222. The molecule has 0 saturated carbocycles. The van der Waals surface area contributed by atoms with Crippen molar-refractivity contribution >= 4 is 21.8 Å². The van der Waals surface area contributed by atoms with Gasteiger partial charge in [0.25, 0.3) is 5.91 Å². The van der Waals surface area contributed by atoms with E-state index in [9.17, 15) is 4.79 Å². The highest BCUT2D eigenvalue weighted by Gasteiger charge is 2.05. The number of halogens is 1. The van der Waals surface area contributed by atoms with Gasteiger partial charge in [0.15, 0.2) is 0 Å². The van der Waals surface area contributed by atoms with Crippen molar-refractivity contribution in [1.82, 2.24) is 5.48 Å². The van der Waals surface area contributed by atoms with Crippen molar-refractivity contribution in [2.75, 3.05) is 7.11 Å². The minimum Gasteiger partial charge on any atom is -0.277 e. The van der Waals surface area contributed by atoms with E-state index in [1.807, 2.05) is 13.0 Å². The molecule has 1 rings (SSSR count). The van der Waals surface area contributed by atoms with E-state index in [-0.39, 0.29) is 5.91 Å². The van der Waals surface area contributed by atoms with E-state index in [2.05, 4.69) is 26.2 Å². The van der Waals surface area contributed by atoms with Crippen LogP contribution in [-0.4, -0.2) is 13.0 Å². The van der Waals surface area contributed by atoms with Crippen molar-refractivity contribution in [3.8, 4) is 0 Å². The van der Waals surface area contributed by atoms with Gasteiger partial charge in [-0.15, -0.1) is 0 Å². The van der Waals surface area contributed by atoms with E-state index in [1.165, 1.54) is 7.11 Å². The quantitative estimate of drug-likeness (QED) is 0.808. The first-order valence-electron chi connectivity index (χ1n) is 3.74. The average molecular weight is 244 g/mol. The molecule has 1 amide bonds. The Balaban J connectivity index is 2.94. The number of carbonyl (C=O) groups is 1. The first-order valence-corrected chi connectivity index (χ1v) is 4.53. The third kappa shape index (κ3) is 2.82. The fourth-order valence-corrected chi connectivity index (χ4v) is 1.63. The molecule has 4 heteroatoms. The largest absolute Gasteiger partial charge is 0.277 e. The van der Waals surface area contributed by atoms with E-state index < -0.39 is 0 Å². The maximum Gasteiger partial charge on any atom is 0.274 e. The third-order valence-electron chi connectivity index (χ3n) is 1.50. The predicted molar refractivity (Wildman–Crippen MR) is 53.4 cm³/mol. The fourth-order valence-electron chi connectivity index (χ4n) is 1.02. The Morgan fingerprint density at radius 2 is 2.15 bits per heavy atom. The highest BCUT2D eigenvalue weighted by Crippen LogP contribution is 2.15. The molecule has 0 aliphatic carbocycles. The van der Waals surface area contributed by atoms with Crippen LogP contribution in [-0.2, 0) is 4.84 Å². The van der Waals surface area contributed by atoms with Crippen LogP contribution in [0, 0.1) is 6.92 Å². The van der Waals surface area contributed by atoms with Crippen LogP contribution in [0.2, 0.25) is 0 Å². The van der Waals surface area contributed by atoms with Gasteiger partial charge < -0.3 is 0 Å². The number of hydroxylamine groups is 1. The third-order valence-corrected chi connectivity index (χ3v) is 1.96. The van der Waals surface area contributed by atoms with Crippen LogP contribution in [0.3, 0.4) is 0 Å². The van der Waals surface area contributed by atoms with Crippen LogP contribution < -0.4 is 5.48 Å². The molecule has 0 spiro atoms. The minimum atomic E-state index is -0.244. The Labute approximate surface area is 85.2 Å². The molecule has 0 aliphatic heterocycles. The second kappa shape index (κ2) is 4.39. The van der Waals surface area contributed by atoms with Crippen molar-refractivity contribution in [3.63, 3.8) is 0 Å². The number of nitrogens with one attached hydrogen (secondary N) is 1. The Bertz CT molecular complexity index is 305. The standard InChI is InChI=1S/C9H10BrNO2/c1-6-3-7(5-8(10)4-6)9(12)11-13-2/h3-5H,1-2H3,(H,11,12). The van der Waals surface area contributed by atoms with Gasteiger partial charge in [0.1, 0.15) is 0 Å². The number of hydrogen-bond donors (Lipinski definition) is 1. The average Bonchev–Trinajstić information content (AvgIpc) is 2.03. The van der Waals surface area contributed by atoms with E-state index >= 15 is 0 Å². The Hall–Kier alpha value is -0.870. The molecule has 3 nitrogen and oxygen atoms in total. The summed E-state index contributed by atoms with van der Waals surface area (Å²) in [4.78, 5) is 15.8. The van der Waals surface area contributed by atoms with E-state index in [1.54, 1.807) is 12.1 Å². The van der Waals surface area contributed by atoms with Crippen molar-refractivity contribution in [3.05, 3.63) is 33.8 Å². The predicted octanol–water partition coefficient (Wildman–Crippen LogP) is 2.05. The second-order valence-corrected chi connectivity index (χ2v) is 3.57. The summed E-state index contributed by atoms with van der Waals surface area (Å²) in [6, 6.07) is 5.46. The number of aryl methyl sites for hydroxylation is 1. The molecule has 70 valence electrons. The lowest BCUT2D eigenvalue weighted by atomic mass is 10.1. The van der Waals surface area contributed by atoms with Crippen molar-refractivity contribution in [2.24, 2.45) is 0 Å². The molecule has 13 heavy (non-hydrogen) atoms. The van der Waals surface area contributed by atoms with Crippen LogP contribution >= 0.6 is 15.9 Å². The molecule has 0 aliphatic rings. The summed E-state index contributed by atoms with van der Waals surface area (Å²) in [5.41, 5.74) is 3.86. The number of benzene rings is 1. The van der Waals surface area contributed by atoms with E-state index in [4.69, 9.17) is 0 Å². The molecule has 0 fully saturated rings. The smallest absolute Gasteiger partial charge is 0.274 e. The highest BCUT2D eigenvalue weighted by atomic mass is 79.9. The number of amides is 1. The van der Waals surface area contributed by atoms with E-state index in [0.29, 0.717) is 5.56 Å². The highest BCUT2D eigenvalue weighted by molar-refractivity contribution is 9.10. The zero-order valence-corrected chi connectivity index (χ0v) is 9.01. The van der Waals surface area contributed by atoms with Crippen LogP contribution in [0.25, 0.3) is 0 Å². The summed E-state index contributed by atoms with van der Waals surface area (Å²) in [5, 5.41) is 0. The van der Waals surface area contributed by atoms with Crippen molar-refractivity contribution in [2.45, 2.75) is 6.92 Å². The summed E-state index contributed by atoms with van der Waals surface area (Å²) in [7, 11) is 1.41. The van der Waals surface area contributed by atoms with Crippen LogP contribution in [0.4, 0.5) is 0 Å². The van der Waals surface area contributed by atoms with Gasteiger partial charge in [-0.2, -0.15) is 0 Å². The Kier molecular flexibility index (Phi) is 3.45. The molecule has 0 atom stereocenters. The monoisotopic (exact) mass is 243 g/mol. The van der Waals surface area contributed by atoms with E-state index in [0.717, 1.165) is 10.0 Å². The minimum absolute atomic E-state index is 0.244. The molecule has 0 aromatic heterocycles. The Morgan fingerprint density at radius 3 is 2.69 bits per heavy atom. The molecule has 0 unspecified atom stereocenters. The number of hydrogen-bond acceptors (Lipinski definition) is 2. The van der Waals surface area contributed by atoms with Crippen LogP contribution in [0.5, 0.6) is 0 Å². The van der Waals surface area contributed by atoms with Gasteiger partial charge in [-0.3, -0.25) is 9.63 Å². The van der Waals surface area contributed by atoms with Gasteiger partial charge in [0, 0.05) is 10.0 Å². The van der Waals surface area contributed by atoms with Gasteiger partial charge >= 0.3 is 0 Å². The number of rotatable bonds is 2. The number of carbonyl (C=O) groups excluding carboxylic acids is 1. The molecule has 1 N–H and O–H groups in total. The van der Waals surface area contributed by atoms with Crippen molar-refractivity contribution in [1.29, 1.82) is 0 Å². The maximum atomic E-state index is 11.3. The summed E-state index contributed by atoms with van der Waals surface area (Å²) >= 11 is 3.31. The SMILES string of the molecule is CONC(=O)c1cc(C)cc(Br)c1. The van der Waals surface area contributed by atoms with Crippen molar-refractivity contribution < 1.29 is 9.63 Å². The molecule has 0 heterocycles. The maximum absolute atomic E-state index is 11.3. The zero-order valence-electron chi connectivity index (χ0n) is 7.43. The van der Waals surface area contributed by atoms with Gasteiger partial charge in [0.05, 0.1) is 7.11 Å². The molecule has 1 aromatic carbocycles. The normalized spacial score (nSPS) is 9.77. The first-order chi connectivity index (χ1) is 6.13. The van der Waals surface area contributed by atoms with Crippen LogP contribution in [0.15, 0.2) is 22.7 Å². The lowest BCUT2D eigenvalue weighted by Crippen LogP contribution is -2.21. The summed E-state index contributed by atoms with van der Waals surface area (Å²) < 4.78 is 0.883. The topological polar surface area (TPSA) is 38.3 Å². The molecular weight excluding hydrogens is 234 g/mol. The lowest BCUT2D eigenvalue weighted by Gasteiger charge is -2.03. The summed E-state index contributed by atoms with van der Waals surface area (Å²) in [5.74, 6) is -0.244. The molecule has 0 bridgehead atoms. The van der Waals surface area contributed by atoms with Gasteiger partial charge in [-0.25, -0.2) is 5.48 Å². The lowest BCUT2D eigenvalue weighted by molar-refractivity contribution is 0.0537. The molecule has 0 saturated heterocycles. The zero-order chi connectivity index (χ0) is 9.84. The molecule has 1 aromatic rings. The van der Waals surface area contributed by atoms with Crippen LogP contribution in [0.1, 0.15) is 15.9 Å². The van der Waals surface area contributed by atoms with Gasteiger partial charge in [-0.05, 0) is 30.7 Å². The molecule has 0 radical (unpaired) electrons.